The molecule has 19 heavy (non-hydrogen) atoms. The fraction of sp³-hybridized carbons (Fsp3) is 0.833. The predicted molar refractivity (Wildman–Crippen MR) is 85.5 cm³/mol. The molecule has 0 bridgehead atoms. The number of carbonyl (C=O) groups is 1. The third-order valence-electron chi connectivity index (χ3n) is 3.58. The lowest BCUT2D eigenvalue weighted by Gasteiger charge is -1.98. The third-order valence-corrected chi connectivity index (χ3v) is 3.58. The highest BCUT2D eigenvalue weighted by Gasteiger charge is 1.90. The molecule has 0 aliphatic carbocycles. The van der Waals surface area contributed by atoms with Crippen LogP contribution in [-0.2, 0) is 4.79 Å². The highest BCUT2D eigenvalue weighted by molar-refractivity contribution is 5.48. The molecule has 0 aliphatic rings. The van der Waals surface area contributed by atoms with Crippen LogP contribution < -0.4 is 0 Å². The molecule has 0 aliphatic heterocycles. The molecule has 0 rings (SSSR count). The van der Waals surface area contributed by atoms with Crippen LogP contribution in [0.15, 0.2) is 12.2 Å². The molecule has 0 aromatic rings. The number of rotatable bonds is 15. The van der Waals surface area contributed by atoms with Gasteiger partial charge in [-0.25, -0.2) is 0 Å². The quantitative estimate of drug-likeness (QED) is 0.149. The first kappa shape index (κ1) is 18.4. The van der Waals surface area contributed by atoms with Gasteiger partial charge in [0.15, 0.2) is 0 Å². The van der Waals surface area contributed by atoms with Gasteiger partial charge in [-0.3, -0.25) is 0 Å². The van der Waals surface area contributed by atoms with E-state index in [1.54, 1.807) is 0 Å². The van der Waals surface area contributed by atoms with Gasteiger partial charge in [0.25, 0.3) is 0 Å². The minimum atomic E-state index is 0.748. The zero-order chi connectivity index (χ0) is 14.0. The Morgan fingerprint density at radius 2 is 1.00 bits per heavy atom. The Bertz CT molecular complexity index is 196. The van der Waals surface area contributed by atoms with Crippen molar-refractivity contribution in [3.05, 3.63) is 12.2 Å². The second-order valence-corrected chi connectivity index (χ2v) is 5.54. The first-order chi connectivity index (χ1) is 9.41. The maximum absolute atomic E-state index is 10.1. The van der Waals surface area contributed by atoms with Gasteiger partial charge < -0.3 is 4.79 Å². The first-order valence-corrected chi connectivity index (χ1v) is 8.50. The summed E-state index contributed by atoms with van der Waals surface area (Å²) >= 11 is 0. The monoisotopic (exact) mass is 267 g/mol. The fourth-order valence-corrected chi connectivity index (χ4v) is 2.30. The lowest BCUT2D eigenvalue weighted by atomic mass is 10.1. The van der Waals surface area contributed by atoms with Gasteiger partial charge in [0.1, 0.15) is 6.29 Å². The molecule has 0 fully saturated rings. The van der Waals surface area contributed by atoms with Crippen LogP contribution in [0.1, 0.15) is 96.8 Å². The van der Waals surface area contributed by atoms with Crippen LogP contribution in [-0.4, -0.2) is 6.29 Å². The van der Waals surface area contributed by atoms with Crippen molar-refractivity contribution in [1.29, 1.82) is 0 Å². The van der Waals surface area contributed by atoms with Crippen LogP contribution in [0.2, 0.25) is 0 Å². The summed E-state index contributed by atoms with van der Waals surface area (Å²) < 4.78 is 0. The van der Waals surface area contributed by atoms with Gasteiger partial charge in [0.2, 0.25) is 0 Å². The molecule has 1 heteroatoms. The summed E-state index contributed by atoms with van der Waals surface area (Å²) in [5.74, 6) is 0. The van der Waals surface area contributed by atoms with Crippen molar-refractivity contribution in [2.24, 2.45) is 0 Å². The standard InChI is InChI=1S/C18H34O/c1-2-3-4-5-6-7-8-9-10-11-12-13-14-15-16-17-18-19/h9-10,18H,2-8,11-17H2,1H3/i18+1. The van der Waals surface area contributed by atoms with Crippen molar-refractivity contribution >= 4 is 6.29 Å². The maximum atomic E-state index is 10.1. The molecule has 1 nitrogen and oxygen atoms in total. The van der Waals surface area contributed by atoms with Crippen LogP contribution in [0.3, 0.4) is 0 Å². The Labute approximate surface area is 120 Å². The zero-order valence-corrected chi connectivity index (χ0v) is 13.0. The van der Waals surface area contributed by atoms with E-state index in [9.17, 15) is 4.79 Å². The van der Waals surface area contributed by atoms with E-state index in [-0.39, 0.29) is 0 Å². The molecule has 0 unspecified atom stereocenters. The summed E-state index contributed by atoms with van der Waals surface area (Å²) in [7, 11) is 0. The Morgan fingerprint density at radius 3 is 1.47 bits per heavy atom. The number of hydrogen-bond donors (Lipinski definition) is 0. The summed E-state index contributed by atoms with van der Waals surface area (Å²) in [6.45, 7) is 2.27. The fourth-order valence-electron chi connectivity index (χ4n) is 2.30. The lowest BCUT2D eigenvalue weighted by Crippen LogP contribution is -1.80. The van der Waals surface area contributed by atoms with Gasteiger partial charge in [-0.2, -0.15) is 0 Å². The topological polar surface area (TPSA) is 17.1 Å². The van der Waals surface area contributed by atoms with Gasteiger partial charge >= 0.3 is 0 Å². The van der Waals surface area contributed by atoms with E-state index in [0.29, 0.717) is 0 Å². The summed E-state index contributed by atoms with van der Waals surface area (Å²) in [4.78, 5) is 10.1. The van der Waals surface area contributed by atoms with Crippen LogP contribution >= 0.6 is 0 Å². The number of carbonyl (C=O) groups excluding carboxylic acids is 1. The van der Waals surface area contributed by atoms with E-state index in [0.717, 1.165) is 19.1 Å². The summed E-state index contributed by atoms with van der Waals surface area (Å²) in [6.07, 6.45) is 23.6. The number of hydrogen-bond acceptors (Lipinski definition) is 1. The highest BCUT2D eigenvalue weighted by atomic mass is 16.2. The minimum absolute atomic E-state index is 0.748. The van der Waals surface area contributed by atoms with E-state index in [1.165, 1.54) is 77.0 Å². The highest BCUT2D eigenvalue weighted by Crippen LogP contribution is 2.09. The largest absolute Gasteiger partial charge is 0.303 e. The van der Waals surface area contributed by atoms with Crippen LogP contribution in [0.4, 0.5) is 0 Å². The van der Waals surface area contributed by atoms with Crippen molar-refractivity contribution in [2.45, 2.75) is 96.8 Å². The second-order valence-electron chi connectivity index (χ2n) is 5.54. The molecule has 0 spiro atoms. The van der Waals surface area contributed by atoms with Crippen LogP contribution in [0, 0.1) is 0 Å². The maximum Gasteiger partial charge on any atom is 0.119 e. The smallest absolute Gasteiger partial charge is 0.119 e. The second kappa shape index (κ2) is 17.4. The van der Waals surface area contributed by atoms with E-state index in [4.69, 9.17) is 0 Å². The molecule has 0 saturated heterocycles. The molecule has 112 valence electrons. The number of unbranched alkanes of at least 4 members (excludes halogenated alkanes) is 12. The van der Waals surface area contributed by atoms with Gasteiger partial charge in [0.05, 0.1) is 0 Å². The van der Waals surface area contributed by atoms with E-state index < -0.39 is 0 Å². The number of allylic oxidation sites excluding steroid dienone is 2. The van der Waals surface area contributed by atoms with Crippen molar-refractivity contribution in [3.63, 3.8) is 0 Å². The summed E-state index contributed by atoms with van der Waals surface area (Å²) in [5.41, 5.74) is 0. The minimum Gasteiger partial charge on any atom is -0.303 e. The summed E-state index contributed by atoms with van der Waals surface area (Å²) in [6, 6.07) is 0. The Hall–Kier alpha value is -0.590. The summed E-state index contributed by atoms with van der Waals surface area (Å²) in [5, 5.41) is 0. The first-order valence-electron chi connectivity index (χ1n) is 8.50. The van der Waals surface area contributed by atoms with E-state index >= 15 is 0 Å². The van der Waals surface area contributed by atoms with Crippen molar-refractivity contribution in [1.82, 2.24) is 0 Å². The van der Waals surface area contributed by atoms with E-state index in [1.807, 2.05) is 0 Å². The average molecular weight is 267 g/mol. The molecular formula is C18H34O. The van der Waals surface area contributed by atoms with Gasteiger partial charge in [-0.15, -0.1) is 0 Å². The predicted octanol–water partition coefficient (Wildman–Crippen LogP) is 6.22. The molecule has 0 heterocycles. The molecule has 0 amide bonds. The van der Waals surface area contributed by atoms with Crippen molar-refractivity contribution < 1.29 is 4.79 Å². The van der Waals surface area contributed by atoms with Crippen LogP contribution in [0.25, 0.3) is 0 Å². The zero-order valence-electron chi connectivity index (χ0n) is 13.0. The number of aldehydes is 1. The lowest BCUT2D eigenvalue weighted by molar-refractivity contribution is -0.107. The molecule has 0 aromatic carbocycles. The SMILES string of the molecule is CCCCCCCCC=CCCCCCCC[13CH]=O. The third kappa shape index (κ3) is 17.4. The molecular weight excluding hydrogens is 233 g/mol. The van der Waals surface area contributed by atoms with Crippen molar-refractivity contribution in [3.8, 4) is 0 Å². The van der Waals surface area contributed by atoms with Gasteiger partial charge in [-0.05, 0) is 32.1 Å². The normalized spacial score (nSPS) is 11.2. The molecule has 0 N–H and O–H groups in total. The molecule has 0 radical (unpaired) electrons. The molecule has 0 aromatic heterocycles. The van der Waals surface area contributed by atoms with E-state index in [2.05, 4.69) is 19.1 Å². The van der Waals surface area contributed by atoms with Gasteiger partial charge in [-0.1, -0.05) is 70.4 Å². The average Bonchev–Trinajstić information content (AvgIpc) is 2.43. The Kier molecular flexibility index (Phi) is 16.9. The Morgan fingerprint density at radius 1 is 0.579 bits per heavy atom. The van der Waals surface area contributed by atoms with Crippen LogP contribution in [0.5, 0.6) is 0 Å². The Balaban J connectivity index is 3.03. The molecule has 0 atom stereocenters. The molecule has 0 saturated carbocycles. The van der Waals surface area contributed by atoms with Gasteiger partial charge in [0, 0.05) is 6.42 Å². The van der Waals surface area contributed by atoms with Crippen molar-refractivity contribution in [2.75, 3.05) is 0 Å².